The van der Waals surface area contributed by atoms with Crippen molar-refractivity contribution < 1.29 is 4.74 Å². The molecule has 1 aliphatic heterocycles. The number of hydrogen-bond acceptors (Lipinski definition) is 3. The summed E-state index contributed by atoms with van der Waals surface area (Å²) in [6, 6.07) is 0. The van der Waals surface area contributed by atoms with Crippen LogP contribution in [0.1, 0.15) is 33.1 Å². The molecule has 3 N–H and O–H groups in total. The molecule has 90 valence electrons. The number of nitrogens with two attached hydrogens (primary N) is 1. The van der Waals surface area contributed by atoms with Crippen LogP contribution in [0.3, 0.4) is 0 Å². The quantitative estimate of drug-likeness (QED) is 0.673. The lowest BCUT2D eigenvalue weighted by Crippen LogP contribution is -2.34. The molecule has 1 aliphatic rings. The van der Waals surface area contributed by atoms with Crippen molar-refractivity contribution in [3.05, 3.63) is 0 Å². The third-order valence-corrected chi connectivity index (χ3v) is 2.97. The highest BCUT2D eigenvalue weighted by atomic mass is 16.5. The number of hydrogen-bond donors (Lipinski definition) is 2. The zero-order chi connectivity index (χ0) is 11.1. The molecule has 0 saturated carbocycles. The van der Waals surface area contributed by atoms with E-state index in [0.717, 1.165) is 32.2 Å². The Morgan fingerprint density at radius 2 is 2.27 bits per heavy atom. The summed E-state index contributed by atoms with van der Waals surface area (Å²) in [5.74, 6) is 1.36. The first kappa shape index (κ1) is 12.9. The Morgan fingerprint density at radius 3 is 2.80 bits per heavy atom. The maximum atomic E-state index is 5.74. The van der Waals surface area contributed by atoms with Crippen molar-refractivity contribution >= 4 is 0 Å². The minimum Gasteiger partial charge on any atom is -0.377 e. The number of rotatable bonds is 7. The van der Waals surface area contributed by atoms with E-state index >= 15 is 0 Å². The topological polar surface area (TPSA) is 47.3 Å². The Bertz CT molecular complexity index is 156. The number of nitrogens with one attached hydrogen (secondary N) is 1. The molecule has 1 heterocycles. The lowest BCUT2D eigenvalue weighted by Gasteiger charge is -2.19. The summed E-state index contributed by atoms with van der Waals surface area (Å²) in [6.07, 6.45) is 4.10. The summed E-state index contributed by atoms with van der Waals surface area (Å²) in [5, 5.41) is 3.48. The molecular weight excluding hydrogens is 188 g/mol. The third kappa shape index (κ3) is 5.50. The molecule has 3 heteroatoms. The van der Waals surface area contributed by atoms with Gasteiger partial charge in [0.05, 0.1) is 6.10 Å². The first-order chi connectivity index (χ1) is 7.22. The van der Waals surface area contributed by atoms with Gasteiger partial charge in [-0.1, -0.05) is 13.8 Å². The van der Waals surface area contributed by atoms with Crippen molar-refractivity contribution in [2.45, 2.75) is 39.2 Å². The van der Waals surface area contributed by atoms with Gasteiger partial charge in [-0.2, -0.15) is 0 Å². The van der Waals surface area contributed by atoms with Crippen molar-refractivity contribution in [1.29, 1.82) is 0 Å². The second-order valence-electron chi connectivity index (χ2n) is 5.02. The van der Waals surface area contributed by atoms with Gasteiger partial charge in [0.1, 0.15) is 0 Å². The maximum absolute atomic E-state index is 5.74. The minimum atomic E-state index is 0.447. The highest BCUT2D eigenvalue weighted by molar-refractivity contribution is 4.70. The van der Waals surface area contributed by atoms with E-state index in [1.54, 1.807) is 0 Å². The first-order valence-electron chi connectivity index (χ1n) is 6.24. The molecule has 0 aliphatic carbocycles. The minimum absolute atomic E-state index is 0.447. The Kier molecular flexibility index (Phi) is 6.22. The molecule has 1 fully saturated rings. The van der Waals surface area contributed by atoms with Crippen LogP contribution in [0, 0.1) is 11.8 Å². The Morgan fingerprint density at radius 1 is 1.47 bits per heavy atom. The Labute approximate surface area is 93.8 Å². The summed E-state index contributed by atoms with van der Waals surface area (Å²) in [4.78, 5) is 0. The molecule has 0 radical (unpaired) electrons. The average Bonchev–Trinajstić information content (AvgIpc) is 2.68. The average molecular weight is 214 g/mol. The second-order valence-corrected chi connectivity index (χ2v) is 5.02. The zero-order valence-corrected chi connectivity index (χ0v) is 10.2. The van der Waals surface area contributed by atoms with Crippen molar-refractivity contribution in [3.63, 3.8) is 0 Å². The summed E-state index contributed by atoms with van der Waals surface area (Å²) in [7, 11) is 0. The van der Waals surface area contributed by atoms with Crippen molar-refractivity contribution in [1.82, 2.24) is 5.32 Å². The van der Waals surface area contributed by atoms with Crippen LogP contribution in [0.4, 0.5) is 0 Å². The molecule has 2 atom stereocenters. The van der Waals surface area contributed by atoms with Crippen LogP contribution < -0.4 is 11.1 Å². The maximum Gasteiger partial charge on any atom is 0.0700 e. The van der Waals surface area contributed by atoms with Crippen LogP contribution in [0.2, 0.25) is 0 Å². The van der Waals surface area contributed by atoms with E-state index in [1.807, 2.05) is 0 Å². The Balaban J connectivity index is 2.05. The summed E-state index contributed by atoms with van der Waals surface area (Å²) >= 11 is 0. The molecule has 0 amide bonds. The predicted octanol–water partition coefficient (Wildman–Crippen LogP) is 1.38. The van der Waals surface area contributed by atoms with E-state index in [1.165, 1.54) is 19.3 Å². The van der Waals surface area contributed by atoms with Gasteiger partial charge in [-0.25, -0.2) is 0 Å². The van der Waals surface area contributed by atoms with Crippen molar-refractivity contribution in [2.24, 2.45) is 17.6 Å². The molecule has 0 bridgehead atoms. The van der Waals surface area contributed by atoms with Gasteiger partial charge in [0.25, 0.3) is 0 Å². The lowest BCUT2D eigenvalue weighted by molar-refractivity contribution is 0.109. The van der Waals surface area contributed by atoms with Crippen LogP contribution in [-0.4, -0.2) is 32.3 Å². The summed E-state index contributed by atoms with van der Waals surface area (Å²) in [5.41, 5.74) is 5.74. The molecule has 0 aromatic heterocycles. The zero-order valence-electron chi connectivity index (χ0n) is 10.2. The van der Waals surface area contributed by atoms with Gasteiger partial charge in [-0.15, -0.1) is 0 Å². The normalized spacial score (nSPS) is 23.6. The fourth-order valence-electron chi connectivity index (χ4n) is 2.18. The smallest absolute Gasteiger partial charge is 0.0700 e. The van der Waals surface area contributed by atoms with Gasteiger partial charge in [0, 0.05) is 13.2 Å². The predicted molar refractivity (Wildman–Crippen MR) is 63.8 cm³/mol. The molecule has 0 aromatic rings. The largest absolute Gasteiger partial charge is 0.377 e. The van der Waals surface area contributed by atoms with Crippen LogP contribution in [-0.2, 0) is 4.74 Å². The van der Waals surface area contributed by atoms with E-state index in [-0.39, 0.29) is 0 Å². The Hall–Kier alpha value is -0.120. The highest BCUT2D eigenvalue weighted by Crippen LogP contribution is 2.12. The molecule has 1 rings (SSSR count). The highest BCUT2D eigenvalue weighted by Gasteiger charge is 2.15. The van der Waals surface area contributed by atoms with E-state index in [9.17, 15) is 0 Å². The van der Waals surface area contributed by atoms with E-state index in [4.69, 9.17) is 10.5 Å². The molecule has 0 spiro atoms. The first-order valence-corrected chi connectivity index (χ1v) is 6.24. The van der Waals surface area contributed by atoms with Crippen LogP contribution >= 0.6 is 0 Å². The molecule has 2 unspecified atom stereocenters. The standard InChI is InChI=1S/C12H26N2O/c1-10(2)6-11(7-13)8-14-9-12-4-3-5-15-12/h10-12,14H,3-9,13H2,1-2H3. The lowest BCUT2D eigenvalue weighted by atomic mass is 9.97. The van der Waals surface area contributed by atoms with Gasteiger partial charge in [-0.05, 0) is 44.2 Å². The van der Waals surface area contributed by atoms with Crippen molar-refractivity contribution in [3.8, 4) is 0 Å². The molecule has 0 aromatic carbocycles. The van der Waals surface area contributed by atoms with E-state index in [2.05, 4.69) is 19.2 Å². The van der Waals surface area contributed by atoms with Gasteiger partial charge in [-0.3, -0.25) is 0 Å². The van der Waals surface area contributed by atoms with E-state index < -0.39 is 0 Å². The fraction of sp³-hybridized carbons (Fsp3) is 1.00. The molecule has 15 heavy (non-hydrogen) atoms. The van der Waals surface area contributed by atoms with Gasteiger partial charge in [0.15, 0.2) is 0 Å². The monoisotopic (exact) mass is 214 g/mol. The van der Waals surface area contributed by atoms with Crippen molar-refractivity contribution in [2.75, 3.05) is 26.2 Å². The third-order valence-electron chi connectivity index (χ3n) is 2.97. The second kappa shape index (κ2) is 7.20. The molecular formula is C12H26N2O. The number of ether oxygens (including phenoxy) is 1. The van der Waals surface area contributed by atoms with Gasteiger partial charge >= 0.3 is 0 Å². The van der Waals surface area contributed by atoms with Crippen LogP contribution in [0.25, 0.3) is 0 Å². The van der Waals surface area contributed by atoms with Crippen LogP contribution in [0.5, 0.6) is 0 Å². The van der Waals surface area contributed by atoms with Gasteiger partial charge in [0.2, 0.25) is 0 Å². The van der Waals surface area contributed by atoms with Crippen LogP contribution in [0.15, 0.2) is 0 Å². The summed E-state index contributed by atoms with van der Waals surface area (Å²) in [6.45, 7) is 8.27. The fourth-order valence-corrected chi connectivity index (χ4v) is 2.18. The molecule has 3 nitrogen and oxygen atoms in total. The SMILES string of the molecule is CC(C)CC(CN)CNCC1CCCO1. The van der Waals surface area contributed by atoms with Gasteiger partial charge < -0.3 is 15.8 Å². The van der Waals surface area contributed by atoms with E-state index in [0.29, 0.717) is 12.0 Å². The molecule has 1 saturated heterocycles. The summed E-state index contributed by atoms with van der Waals surface area (Å²) < 4.78 is 5.56.